The van der Waals surface area contributed by atoms with Crippen molar-refractivity contribution in [1.82, 2.24) is 9.97 Å². The molecule has 0 spiro atoms. The average Bonchev–Trinajstić information content (AvgIpc) is 2.66. The van der Waals surface area contributed by atoms with Gasteiger partial charge in [0.25, 0.3) is 0 Å². The highest BCUT2D eigenvalue weighted by atomic mass is 16.3. The molecule has 0 atom stereocenters. The Bertz CT molecular complexity index is 434. The number of phenolic OH excluding ortho intramolecular Hbond substituents is 1. The lowest BCUT2D eigenvalue weighted by Gasteiger charge is -2.02. The number of benzene rings is 1. The molecule has 0 radical (unpaired) electrons. The molecular weight excluding hydrogens is 176 g/mol. The Balaban J connectivity index is 2.54. The quantitative estimate of drug-likeness (QED) is 0.760. The van der Waals surface area contributed by atoms with Crippen LogP contribution in [0.1, 0.15) is 12.6 Å². The van der Waals surface area contributed by atoms with Gasteiger partial charge in [-0.25, -0.2) is 4.98 Å². The zero-order chi connectivity index (χ0) is 9.97. The molecule has 0 aliphatic rings. The molecule has 0 bridgehead atoms. The van der Waals surface area contributed by atoms with Crippen molar-refractivity contribution in [2.24, 2.45) is 0 Å². The summed E-state index contributed by atoms with van der Waals surface area (Å²) >= 11 is 0. The molecule has 0 aliphatic heterocycles. The highest BCUT2D eigenvalue weighted by Gasteiger charge is 2.09. The fourth-order valence-electron chi connectivity index (χ4n) is 1.50. The van der Waals surface area contributed by atoms with Crippen LogP contribution >= 0.6 is 0 Å². The first kappa shape index (κ1) is 8.81. The first-order chi connectivity index (χ1) is 6.83. The minimum atomic E-state index is 0.273. The van der Waals surface area contributed by atoms with Crippen LogP contribution < -0.4 is 0 Å². The van der Waals surface area contributed by atoms with Gasteiger partial charge in [-0.05, 0) is 18.6 Å². The van der Waals surface area contributed by atoms with Gasteiger partial charge in [-0.3, -0.25) is 0 Å². The molecule has 0 aliphatic carbocycles. The molecule has 0 saturated heterocycles. The van der Waals surface area contributed by atoms with Gasteiger partial charge in [0.1, 0.15) is 5.75 Å². The number of aromatic nitrogens is 2. The molecule has 1 aromatic carbocycles. The minimum Gasteiger partial charge on any atom is -0.507 e. The Morgan fingerprint density at radius 2 is 2.14 bits per heavy atom. The third-order valence-corrected chi connectivity index (χ3v) is 2.23. The van der Waals surface area contributed by atoms with Gasteiger partial charge >= 0.3 is 0 Å². The zero-order valence-electron chi connectivity index (χ0n) is 7.99. The SMILES string of the molecule is CCc1[nH]cnc1-c1ccccc1O. The number of aryl methyl sites for hydroxylation is 1. The Kier molecular flexibility index (Phi) is 2.23. The zero-order valence-corrected chi connectivity index (χ0v) is 7.99. The van der Waals surface area contributed by atoms with E-state index in [0.29, 0.717) is 0 Å². The fourth-order valence-corrected chi connectivity index (χ4v) is 1.50. The highest BCUT2D eigenvalue weighted by molar-refractivity contribution is 5.68. The Hall–Kier alpha value is -1.77. The predicted octanol–water partition coefficient (Wildman–Crippen LogP) is 2.34. The largest absolute Gasteiger partial charge is 0.507 e. The van der Waals surface area contributed by atoms with Crippen molar-refractivity contribution >= 4 is 0 Å². The molecule has 0 unspecified atom stereocenters. The van der Waals surface area contributed by atoms with Gasteiger partial charge in [0, 0.05) is 11.3 Å². The second-order valence-corrected chi connectivity index (χ2v) is 3.10. The van der Waals surface area contributed by atoms with Crippen LogP contribution in [0.3, 0.4) is 0 Å². The third kappa shape index (κ3) is 1.37. The summed E-state index contributed by atoms with van der Waals surface area (Å²) in [7, 11) is 0. The smallest absolute Gasteiger partial charge is 0.125 e. The number of aromatic hydroxyl groups is 1. The molecule has 14 heavy (non-hydrogen) atoms. The van der Waals surface area contributed by atoms with Crippen LogP contribution in [0.2, 0.25) is 0 Å². The number of H-pyrrole nitrogens is 1. The van der Waals surface area contributed by atoms with Crippen LogP contribution in [0.25, 0.3) is 11.3 Å². The topological polar surface area (TPSA) is 48.9 Å². The maximum atomic E-state index is 9.65. The van der Waals surface area contributed by atoms with E-state index in [1.807, 2.05) is 12.1 Å². The van der Waals surface area contributed by atoms with Crippen molar-refractivity contribution in [3.63, 3.8) is 0 Å². The second-order valence-electron chi connectivity index (χ2n) is 3.10. The van der Waals surface area contributed by atoms with Crippen molar-refractivity contribution in [2.45, 2.75) is 13.3 Å². The number of hydrogen-bond acceptors (Lipinski definition) is 2. The number of nitrogens with one attached hydrogen (secondary N) is 1. The van der Waals surface area contributed by atoms with E-state index in [2.05, 4.69) is 16.9 Å². The molecule has 2 rings (SSSR count). The van der Waals surface area contributed by atoms with Gasteiger partial charge in [-0.2, -0.15) is 0 Å². The lowest BCUT2D eigenvalue weighted by Crippen LogP contribution is -1.86. The van der Waals surface area contributed by atoms with Crippen LogP contribution in [0, 0.1) is 0 Å². The van der Waals surface area contributed by atoms with Gasteiger partial charge in [-0.15, -0.1) is 0 Å². The van der Waals surface area contributed by atoms with Gasteiger partial charge in [0.15, 0.2) is 0 Å². The monoisotopic (exact) mass is 188 g/mol. The van der Waals surface area contributed by atoms with Crippen LogP contribution in [-0.2, 0) is 6.42 Å². The standard InChI is InChI=1S/C11H12N2O/c1-2-9-11(13-7-12-9)8-5-3-4-6-10(8)14/h3-7,14H,2H2,1H3,(H,12,13). The number of imidazole rings is 1. The van der Waals surface area contributed by atoms with E-state index in [-0.39, 0.29) is 5.75 Å². The number of nitrogens with zero attached hydrogens (tertiary/aromatic N) is 1. The summed E-state index contributed by atoms with van der Waals surface area (Å²) in [6, 6.07) is 7.23. The maximum absolute atomic E-state index is 9.65. The van der Waals surface area contributed by atoms with Crippen molar-refractivity contribution in [2.75, 3.05) is 0 Å². The van der Waals surface area contributed by atoms with Crippen LogP contribution in [0.5, 0.6) is 5.75 Å². The van der Waals surface area contributed by atoms with Crippen molar-refractivity contribution in [3.05, 3.63) is 36.3 Å². The molecule has 1 heterocycles. The molecule has 3 nitrogen and oxygen atoms in total. The first-order valence-electron chi connectivity index (χ1n) is 4.63. The van der Waals surface area contributed by atoms with E-state index in [0.717, 1.165) is 23.4 Å². The van der Waals surface area contributed by atoms with Crippen LogP contribution in [0.4, 0.5) is 0 Å². The van der Waals surface area contributed by atoms with Crippen molar-refractivity contribution in [1.29, 1.82) is 0 Å². The number of para-hydroxylation sites is 1. The van der Waals surface area contributed by atoms with Gasteiger partial charge in [0.2, 0.25) is 0 Å². The molecular formula is C11H12N2O. The first-order valence-corrected chi connectivity index (χ1v) is 4.63. The van der Waals surface area contributed by atoms with Gasteiger partial charge < -0.3 is 10.1 Å². The normalized spacial score (nSPS) is 10.4. The van der Waals surface area contributed by atoms with Gasteiger partial charge in [0.05, 0.1) is 12.0 Å². The molecule has 0 saturated carbocycles. The number of phenols is 1. The van der Waals surface area contributed by atoms with Gasteiger partial charge in [-0.1, -0.05) is 19.1 Å². The Morgan fingerprint density at radius 3 is 2.86 bits per heavy atom. The Labute approximate surface area is 82.4 Å². The summed E-state index contributed by atoms with van der Waals surface area (Å²) < 4.78 is 0. The predicted molar refractivity (Wildman–Crippen MR) is 55.1 cm³/mol. The van der Waals surface area contributed by atoms with Crippen LogP contribution in [-0.4, -0.2) is 15.1 Å². The highest BCUT2D eigenvalue weighted by Crippen LogP contribution is 2.28. The molecule has 3 heteroatoms. The number of rotatable bonds is 2. The Morgan fingerprint density at radius 1 is 1.36 bits per heavy atom. The van der Waals surface area contributed by atoms with E-state index < -0.39 is 0 Å². The van der Waals surface area contributed by atoms with E-state index in [9.17, 15) is 5.11 Å². The maximum Gasteiger partial charge on any atom is 0.125 e. The van der Waals surface area contributed by atoms with E-state index >= 15 is 0 Å². The lowest BCUT2D eigenvalue weighted by molar-refractivity contribution is 0.477. The molecule has 2 aromatic rings. The number of hydrogen-bond donors (Lipinski definition) is 2. The summed E-state index contributed by atoms with van der Waals surface area (Å²) in [5.74, 6) is 0.273. The van der Waals surface area contributed by atoms with E-state index in [1.54, 1.807) is 18.5 Å². The summed E-state index contributed by atoms with van der Waals surface area (Å²) in [6.07, 6.45) is 2.53. The van der Waals surface area contributed by atoms with Crippen molar-refractivity contribution < 1.29 is 5.11 Å². The van der Waals surface area contributed by atoms with E-state index in [4.69, 9.17) is 0 Å². The molecule has 2 N–H and O–H groups in total. The summed E-state index contributed by atoms with van der Waals surface area (Å²) in [5, 5.41) is 9.65. The molecule has 72 valence electrons. The third-order valence-electron chi connectivity index (χ3n) is 2.23. The average molecular weight is 188 g/mol. The summed E-state index contributed by atoms with van der Waals surface area (Å²) in [6.45, 7) is 2.05. The molecule has 0 fully saturated rings. The van der Waals surface area contributed by atoms with Crippen molar-refractivity contribution in [3.8, 4) is 17.0 Å². The van der Waals surface area contributed by atoms with E-state index in [1.165, 1.54) is 0 Å². The van der Waals surface area contributed by atoms with Crippen LogP contribution in [0.15, 0.2) is 30.6 Å². The fraction of sp³-hybridized carbons (Fsp3) is 0.182. The summed E-state index contributed by atoms with van der Waals surface area (Å²) in [5.41, 5.74) is 2.67. The summed E-state index contributed by atoms with van der Waals surface area (Å²) in [4.78, 5) is 7.26. The minimum absolute atomic E-state index is 0.273. The second kappa shape index (κ2) is 3.54. The number of aromatic amines is 1. The molecule has 1 aromatic heterocycles. The molecule has 0 amide bonds. The lowest BCUT2D eigenvalue weighted by atomic mass is 10.1.